The number of anilines is 3. The van der Waals surface area contributed by atoms with Crippen LogP contribution in [0.4, 0.5) is 17.1 Å². The van der Waals surface area contributed by atoms with E-state index in [1.54, 1.807) is 0 Å². The number of para-hydroxylation sites is 1. The average Bonchev–Trinajstić information content (AvgIpc) is 3.92. The predicted molar refractivity (Wildman–Crippen MR) is 331 cm³/mol. The van der Waals surface area contributed by atoms with Crippen LogP contribution in [-0.4, -0.2) is 0 Å². The molecule has 3 nitrogen and oxygen atoms in total. The van der Waals surface area contributed by atoms with Crippen LogP contribution in [0.15, 0.2) is 180 Å². The van der Waals surface area contributed by atoms with Crippen LogP contribution >= 0.6 is 0 Å². The van der Waals surface area contributed by atoms with Gasteiger partial charge in [0.2, 0.25) is 0 Å². The Morgan fingerprint density at radius 2 is 0.885 bits per heavy atom. The molecule has 1 atom stereocenters. The van der Waals surface area contributed by atoms with Gasteiger partial charge in [0, 0.05) is 38.9 Å². The van der Waals surface area contributed by atoms with Gasteiger partial charge in [-0.1, -0.05) is 237 Å². The first-order valence-corrected chi connectivity index (χ1v) is 28.2. The quantitative estimate of drug-likeness (QED) is 0.172. The van der Waals surface area contributed by atoms with Crippen molar-refractivity contribution >= 4 is 39.0 Å². The Hall–Kier alpha value is -7.62. The third-order valence-electron chi connectivity index (χ3n) is 16.6. The maximum atomic E-state index is 7.50. The molecule has 2 aliphatic heterocycles. The topological polar surface area (TPSA) is 25.6 Å². The largest absolute Gasteiger partial charge is 0.457 e. The van der Waals surface area contributed by atoms with Crippen molar-refractivity contribution in [3.05, 3.63) is 220 Å². The lowest BCUT2D eigenvalue weighted by Gasteiger charge is -2.43. The fraction of sp³-hybridized carbons (Fsp3) is 0.280. The molecule has 0 saturated heterocycles. The lowest BCUT2D eigenvalue weighted by molar-refractivity contribution is 0.452. The van der Waals surface area contributed by atoms with E-state index in [9.17, 15) is 0 Å². The molecule has 1 unspecified atom stereocenters. The molecular formula is C75H75NO2. The Morgan fingerprint density at radius 3 is 1.46 bits per heavy atom. The molecule has 10 aromatic rings. The smallest absolute Gasteiger partial charge is 0.145 e. The molecule has 0 aliphatic carbocycles. The van der Waals surface area contributed by atoms with Crippen LogP contribution in [0.25, 0.3) is 66.4 Å². The second kappa shape index (κ2) is 18.0. The molecule has 3 heterocycles. The molecule has 2 aliphatic rings. The van der Waals surface area contributed by atoms with Gasteiger partial charge in [-0.15, -0.1) is 0 Å². The summed E-state index contributed by atoms with van der Waals surface area (Å²) >= 11 is 0. The van der Waals surface area contributed by atoms with E-state index >= 15 is 0 Å². The number of furan rings is 1. The van der Waals surface area contributed by atoms with Crippen molar-refractivity contribution in [1.29, 1.82) is 0 Å². The number of rotatable bonds is 5. The summed E-state index contributed by atoms with van der Waals surface area (Å²) in [6, 6.07) is 66.4. The Bertz CT molecular complexity index is 3940. The number of benzene rings is 9. The van der Waals surface area contributed by atoms with Crippen molar-refractivity contribution in [1.82, 2.24) is 0 Å². The van der Waals surface area contributed by atoms with Gasteiger partial charge >= 0.3 is 0 Å². The molecule has 1 aromatic heterocycles. The van der Waals surface area contributed by atoms with E-state index in [1.165, 1.54) is 55.6 Å². The molecule has 9 aromatic carbocycles. The van der Waals surface area contributed by atoms with Crippen molar-refractivity contribution in [2.45, 2.75) is 137 Å². The molecule has 0 spiro atoms. The van der Waals surface area contributed by atoms with Crippen LogP contribution in [0.3, 0.4) is 0 Å². The summed E-state index contributed by atoms with van der Waals surface area (Å²) in [5.74, 6) is 1.61. The van der Waals surface area contributed by atoms with E-state index < -0.39 is 0 Å². The summed E-state index contributed by atoms with van der Waals surface area (Å²) in [5.41, 5.74) is 23.9. The Labute approximate surface area is 464 Å². The van der Waals surface area contributed by atoms with Gasteiger partial charge in [-0.3, -0.25) is 0 Å². The fourth-order valence-corrected chi connectivity index (χ4v) is 11.9. The van der Waals surface area contributed by atoms with Crippen molar-refractivity contribution < 1.29 is 9.15 Å². The van der Waals surface area contributed by atoms with Crippen LogP contribution in [0.5, 0.6) is 11.5 Å². The summed E-state index contributed by atoms with van der Waals surface area (Å²) in [5, 5.41) is 2.18. The van der Waals surface area contributed by atoms with Crippen LogP contribution in [0, 0.1) is 0 Å². The van der Waals surface area contributed by atoms with Crippen molar-refractivity contribution in [2.75, 3.05) is 4.90 Å². The SMILES string of the molecule is CC(C)(C)c1cc(-c2ccc3c(c2)C2c4ccc(C(C)(C)C)cc4N(c4c(-c5ccccc5)cc5c(oc6ccccc65)c4-c4ccccc4)c4cc(-c5cc(C(C)(C)C)cc(C(C)(C)C)c5)cc(c42)O3)cc(C(C)(C)C)c1. The highest BCUT2D eigenvalue weighted by molar-refractivity contribution is 6.17. The third-order valence-corrected chi connectivity index (χ3v) is 16.6. The van der Waals surface area contributed by atoms with Gasteiger partial charge in [0.1, 0.15) is 22.7 Å². The van der Waals surface area contributed by atoms with Gasteiger partial charge in [0.25, 0.3) is 0 Å². The molecule has 0 N–H and O–H groups in total. The first-order chi connectivity index (χ1) is 36.8. The van der Waals surface area contributed by atoms with Gasteiger partial charge in [0.15, 0.2) is 0 Å². The van der Waals surface area contributed by atoms with E-state index in [1.807, 2.05) is 0 Å². The summed E-state index contributed by atoms with van der Waals surface area (Å²) in [4.78, 5) is 2.61. The number of fused-ring (bicyclic) bond motifs is 7. The van der Waals surface area contributed by atoms with Gasteiger partial charge in [-0.25, -0.2) is 0 Å². The monoisotopic (exact) mass is 1020 g/mol. The summed E-state index contributed by atoms with van der Waals surface area (Å²) in [6.45, 7) is 34.9. The number of ether oxygens (including phenoxy) is 1. The Morgan fingerprint density at radius 1 is 0.359 bits per heavy atom. The molecule has 0 radical (unpaired) electrons. The minimum absolute atomic E-state index is 0.0297. The second-order valence-corrected chi connectivity index (χ2v) is 27.5. The lowest BCUT2D eigenvalue weighted by atomic mass is 9.74. The zero-order valence-corrected chi connectivity index (χ0v) is 48.6. The molecular weight excluding hydrogens is 947 g/mol. The molecule has 392 valence electrons. The van der Waals surface area contributed by atoms with Crippen LogP contribution in [-0.2, 0) is 27.1 Å². The van der Waals surface area contributed by atoms with E-state index in [4.69, 9.17) is 9.15 Å². The number of hydrogen-bond acceptors (Lipinski definition) is 3. The van der Waals surface area contributed by atoms with Crippen molar-refractivity contribution in [3.8, 4) is 56.0 Å². The normalized spacial score (nSPS) is 14.6. The lowest BCUT2D eigenvalue weighted by Crippen LogP contribution is -2.27. The first kappa shape index (κ1) is 51.2. The van der Waals surface area contributed by atoms with Gasteiger partial charge in [0.05, 0.1) is 17.1 Å². The predicted octanol–water partition coefficient (Wildman–Crippen LogP) is 21.8. The summed E-state index contributed by atoms with van der Waals surface area (Å²) in [6.07, 6.45) is 0. The maximum Gasteiger partial charge on any atom is 0.145 e. The molecule has 0 bridgehead atoms. The molecule has 78 heavy (non-hydrogen) atoms. The Kier molecular flexibility index (Phi) is 11.8. The van der Waals surface area contributed by atoms with Gasteiger partial charge in [-0.2, -0.15) is 0 Å². The van der Waals surface area contributed by atoms with Gasteiger partial charge < -0.3 is 14.1 Å². The molecule has 0 fully saturated rings. The second-order valence-electron chi connectivity index (χ2n) is 27.5. The Balaban J connectivity index is 1.23. The third kappa shape index (κ3) is 8.84. The average molecular weight is 1020 g/mol. The minimum Gasteiger partial charge on any atom is -0.457 e. The van der Waals surface area contributed by atoms with E-state index in [-0.39, 0.29) is 33.0 Å². The van der Waals surface area contributed by atoms with Crippen LogP contribution in [0.1, 0.15) is 154 Å². The molecule has 0 amide bonds. The number of nitrogens with zero attached hydrogens (tertiary/aromatic N) is 1. The van der Waals surface area contributed by atoms with Crippen molar-refractivity contribution in [2.24, 2.45) is 0 Å². The highest BCUT2D eigenvalue weighted by Gasteiger charge is 2.42. The highest BCUT2D eigenvalue weighted by Crippen LogP contribution is 2.63. The van der Waals surface area contributed by atoms with Crippen LogP contribution in [0.2, 0.25) is 0 Å². The summed E-state index contributed by atoms with van der Waals surface area (Å²) < 4.78 is 14.7. The minimum atomic E-state index is -0.151. The molecule has 3 heteroatoms. The summed E-state index contributed by atoms with van der Waals surface area (Å²) in [7, 11) is 0. The highest BCUT2D eigenvalue weighted by atomic mass is 16.5. The maximum absolute atomic E-state index is 7.50. The number of hydrogen-bond donors (Lipinski definition) is 0. The zero-order valence-electron chi connectivity index (χ0n) is 48.6. The zero-order chi connectivity index (χ0) is 55.0. The van der Waals surface area contributed by atoms with Crippen LogP contribution < -0.4 is 9.64 Å². The van der Waals surface area contributed by atoms with Gasteiger partial charge in [-0.05, 0) is 136 Å². The standard InChI is InChI=1S/C75H75NO2/c1-71(2,3)51-31-32-57-61(43-51)76(69-58(45-24-18-16-19-25-45)44-59-56-28-22-23-29-63(56)78-70(59)66(69)46-26-20-17-21-27-46)62-39-50(49-36-54(74(10,11)12)42-55(37-49)75(13,14)15)40-65-68(62)67(57)60-38-47(30-33-64(60)77-65)48-34-52(72(4,5)6)41-53(35-48)73(7,8)9/h16-44,67H,1-15H3. The molecule has 0 saturated carbocycles. The van der Waals surface area contributed by atoms with Crippen molar-refractivity contribution in [3.63, 3.8) is 0 Å². The fourth-order valence-electron chi connectivity index (χ4n) is 11.9. The van der Waals surface area contributed by atoms with E-state index in [0.29, 0.717) is 0 Å². The first-order valence-electron chi connectivity index (χ1n) is 28.2. The van der Waals surface area contributed by atoms with E-state index in [2.05, 4.69) is 285 Å². The molecule has 12 rings (SSSR count). The van der Waals surface area contributed by atoms with E-state index in [0.717, 1.165) is 83.9 Å².